The summed E-state index contributed by atoms with van der Waals surface area (Å²) >= 11 is 0. The molecule has 1 saturated carbocycles. The molecule has 1 aliphatic rings. The lowest BCUT2D eigenvalue weighted by Crippen LogP contribution is -2.34. The van der Waals surface area contributed by atoms with Gasteiger partial charge < -0.3 is 20.8 Å². The van der Waals surface area contributed by atoms with Gasteiger partial charge in [-0.15, -0.1) is 0 Å². The van der Waals surface area contributed by atoms with E-state index in [0.29, 0.717) is 12.8 Å². The third-order valence-corrected chi connectivity index (χ3v) is 2.23. The van der Waals surface area contributed by atoms with E-state index in [9.17, 15) is 9.90 Å². The number of hydrogen-bond donors (Lipinski definition) is 4. The molecule has 1 fully saturated rings. The van der Waals surface area contributed by atoms with E-state index in [2.05, 4.69) is 10.6 Å². The van der Waals surface area contributed by atoms with Gasteiger partial charge in [-0.05, 0) is 19.9 Å². The molecule has 1 rings (SSSR count). The zero-order chi connectivity index (χ0) is 9.14. The number of amides is 1. The predicted octanol–water partition coefficient (Wildman–Crippen LogP) is -0.635. The molecular weight excluding hydrogens is 160 g/mol. The number of carbonyl (C=O) groups is 1. The molecule has 0 bridgehead atoms. The Morgan fingerprint density at radius 1 is 1.50 bits per heavy atom. The topological polar surface area (TPSA) is 81.6 Å². The lowest BCUT2D eigenvalue weighted by molar-refractivity contribution is 0.150. The molecule has 0 unspecified atom stereocenters. The molecule has 4 N–H and O–H groups in total. The molecule has 0 aromatic heterocycles. The molecule has 1 amide bonds. The number of aliphatic hydroxyl groups excluding tert-OH is 1. The van der Waals surface area contributed by atoms with E-state index in [0.717, 1.165) is 0 Å². The van der Waals surface area contributed by atoms with Crippen molar-refractivity contribution in [1.29, 1.82) is 0 Å². The lowest BCUT2D eigenvalue weighted by atomic mass is 10.2. The highest BCUT2D eigenvalue weighted by molar-refractivity contribution is 5.64. The number of aliphatic hydroxyl groups is 1. The zero-order valence-corrected chi connectivity index (χ0v) is 6.95. The van der Waals surface area contributed by atoms with Crippen molar-refractivity contribution in [2.45, 2.75) is 31.0 Å². The van der Waals surface area contributed by atoms with Crippen LogP contribution in [0.5, 0.6) is 0 Å². The minimum absolute atomic E-state index is 0.0156. The van der Waals surface area contributed by atoms with E-state index in [4.69, 9.17) is 5.11 Å². The van der Waals surface area contributed by atoms with Crippen molar-refractivity contribution in [3.63, 3.8) is 0 Å². The molecule has 1 aliphatic carbocycles. The van der Waals surface area contributed by atoms with Gasteiger partial charge in [0.15, 0.2) is 0 Å². The third-order valence-electron chi connectivity index (χ3n) is 2.23. The number of nitrogens with one attached hydrogen (secondary N) is 2. The van der Waals surface area contributed by atoms with Crippen LogP contribution in [-0.2, 0) is 0 Å². The monoisotopic (exact) mass is 174 g/mol. The van der Waals surface area contributed by atoms with Gasteiger partial charge in [-0.25, -0.2) is 4.79 Å². The van der Waals surface area contributed by atoms with E-state index in [1.807, 2.05) is 0 Å². The Kier molecular flexibility index (Phi) is 2.88. The molecule has 0 heterocycles. The highest BCUT2D eigenvalue weighted by Gasteiger charge is 2.32. The first-order valence-corrected chi connectivity index (χ1v) is 3.98. The number of rotatable bonds is 2. The van der Waals surface area contributed by atoms with Gasteiger partial charge in [0.25, 0.3) is 0 Å². The van der Waals surface area contributed by atoms with Gasteiger partial charge in [-0.2, -0.15) is 0 Å². The molecule has 3 atom stereocenters. The van der Waals surface area contributed by atoms with Gasteiger partial charge in [0.1, 0.15) is 0 Å². The summed E-state index contributed by atoms with van der Waals surface area (Å²) in [6.07, 6.45) is -0.308. The highest BCUT2D eigenvalue weighted by Crippen LogP contribution is 2.19. The summed E-state index contributed by atoms with van der Waals surface area (Å²) in [5.74, 6) is 0. The SMILES string of the molecule is CN[C@H]1C[C@@H](NC(=O)O)C[C@H]1O. The van der Waals surface area contributed by atoms with Gasteiger partial charge in [0.2, 0.25) is 0 Å². The Bertz CT molecular complexity index is 174. The number of carboxylic acid groups (broad SMARTS) is 1. The zero-order valence-electron chi connectivity index (χ0n) is 6.95. The molecule has 0 aliphatic heterocycles. The molecule has 70 valence electrons. The van der Waals surface area contributed by atoms with Crippen molar-refractivity contribution in [1.82, 2.24) is 10.6 Å². The van der Waals surface area contributed by atoms with Crippen molar-refractivity contribution in [2.75, 3.05) is 7.05 Å². The number of likely N-dealkylation sites (N-methyl/N-ethyl adjacent to an activating group) is 1. The van der Waals surface area contributed by atoms with E-state index < -0.39 is 12.2 Å². The van der Waals surface area contributed by atoms with Crippen LogP contribution in [0.25, 0.3) is 0 Å². The fourth-order valence-corrected chi connectivity index (χ4v) is 1.62. The van der Waals surface area contributed by atoms with Crippen LogP contribution in [0.1, 0.15) is 12.8 Å². The van der Waals surface area contributed by atoms with E-state index in [1.165, 1.54) is 0 Å². The lowest BCUT2D eigenvalue weighted by Gasteiger charge is -2.11. The standard InChI is InChI=1S/C7H14N2O3/c1-8-5-2-4(3-6(5)10)9-7(11)12/h4-6,8-10H,2-3H2,1H3,(H,11,12)/t4-,5+,6-/m1/s1. The van der Waals surface area contributed by atoms with Gasteiger partial charge in [-0.3, -0.25) is 0 Å². The van der Waals surface area contributed by atoms with Crippen molar-refractivity contribution < 1.29 is 15.0 Å². The highest BCUT2D eigenvalue weighted by atomic mass is 16.4. The first-order chi connectivity index (χ1) is 5.63. The van der Waals surface area contributed by atoms with Gasteiger partial charge in [0.05, 0.1) is 6.10 Å². The summed E-state index contributed by atoms with van der Waals surface area (Å²) in [5, 5.41) is 23.1. The number of hydrogen-bond acceptors (Lipinski definition) is 3. The van der Waals surface area contributed by atoms with Crippen LogP contribution in [0.4, 0.5) is 4.79 Å². The molecule has 5 nitrogen and oxygen atoms in total. The molecule has 0 saturated heterocycles. The van der Waals surface area contributed by atoms with Crippen LogP contribution in [0, 0.1) is 0 Å². The van der Waals surface area contributed by atoms with E-state index in [1.54, 1.807) is 7.05 Å². The maximum atomic E-state index is 10.2. The maximum Gasteiger partial charge on any atom is 0.404 e. The minimum atomic E-state index is -1.02. The smallest absolute Gasteiger partial charge is 0.404 e. The van der Waals surface area contributed by atoms with Crippen molar-refractivity contribution in [3.05, 3.63) is 0 Å². The Morgan fingerprint density at radius 2 is 2.17 bits per heavy atom. The molecular formula is C7H14N2O3. The van der Waals surface area contributed by atoms with Crippen LogP contribution in [-0.4, -0.2) is 41.5 Å². The Balaban J connectivity index is 2.37. The second-order valence-corrected chi connectivity index (χ2v) is 3.08. The first-order valence-electron chi connectivity index (χ1n) is 3.98. The second kappa shape index (κ2) is 3.73. The van der Waals surface area contributed by atoms with Gasteiger partial charge in [0, 0.05) is 12.1 Å². The first kappa shape index (κ1) is 9.28. The van der Waals surface area contributed by atoms with Crippen LogP contribution >= 0.6 is 0 Å². The van der Waals surface area contributed by atoms with Crippen LogP contribution in [0.2, 0.25) is 0 Å². The Morgan fingerprint density at radius 3 is 2.58 bits per heavy atom. The molecule has 0 aromatic rings. The predicted molar refractivity (Wildman–Crippen MR) is 43.0 cm³/mol. The molecule has 0 aromatic carbocycles. The Hall–Kier alpha value is -0.810. The van der Waals surface area contributed by atoms with Gasteiger partial charge >= 0.3 is 6.09 Å². The normalized spacial score (nSPS) is 35.0. The summed E-state index contributed by atoms with van der Waals surface area (Å²) in [6, 6.07) is -0.100. The third kappa shape index (κ3) is 2.09. The second-order valence-electron chi connectivity index (χ2n) is 3.08. The summed E-state index contributed by atoms with van der Waals surface area (Å²) in [6.45, 7) is 0. The van der Waals surface area contributed by atoms with Gasteiger partial charge in [-0.1, -0.05) is 0 Å². The van der Waals surface area contributed by atoms with Crippen molar-refractivity contribution in [2.24, 2.45) is 0 Å². The summed E-state index contributed by atoms with van der Waals surface area (Å²) in [7, 11) is 1.76. The average Bonchev–Trinajstić information content (AvgIpc) is 2.29. The van der Waals surface area contributed by atoms with Crippen molar-refractivity contribution in [3.8, 4) is 0 Å². The maximum absolute atomic E-state index is 10.2. The summed E-state index contributed by atoms with van der Waals surface area (Å²) < 4.78 is 0. The molecule has 5 heteroatoms. The molecule has 0 radical (unpaired) electrons. The van der Waals surface area contributed by atoms with Crippen LogP contribution < -0.4 is 10.6 Å². The average molecular weight is 174 g/mol. The van der Waals surface area contributed by atoms with Crippen LogP contribution in [0.3, 0.4) is 0 Å². The largest absolute Gasteiger partial charge is 0.465 e. The van der Waals surface area contributed by atoms with E-state index in [-0.39, 0.29) is 12.1 Å². The fourth-order valence-electron chi connectivity index (χ4n) is 1.62. The fraction of sp³-hybridized carbons (Fsp3) is 0.857. The van der Waals surface area contributed by atoms with E-state index >= 15 is 0 Å². The molecule has 0 spiro atoms. The van der Waals surface area contributed by atoms with Crippen LogP contribution in [0.15, 0.2) is 0 Å². The summed E-state index contributed by atoms with van der Waals surface area (Å²) in [4.78, 5) is 10.2. The van der Waals surface area contributed by atoms with Crippen molar-refractivity contribution >= 4 is 6.09 Å². The Labute approximate surface area is 70.8 Å². The minimum Gasteiger partial charge on any atom is -0.465 e. The molecule has 12 heavy (non-hydrogen) atoms. The summed E-state index contributed by atoms with van der Waals surface area (Å²) in [5.41, 5.74) is 0. The quantitative estimate of drug-likeness (QED) is 0.449.